The van der Waals surface area contributed by atoms with Crippen molar-refractivity contribution in [1.29, 1.82) is 0 Å². The fourth-order valence-corrected chi connectivity index (χ4v) is 2.86. The molecule has 2 aromatic carbocycles. The van der Waals surface area contributed by atoms with Crippen LogP contribution in [-0.4, -0.2) is 28.0 Å². The van der Waals surface area contributed by atoms with E-state index in [9.17, 15) is 4.79 Å². The van der Waals surface area contributed by atoms with E-state index < -0.39 is 0 Å². The molecule has 0 aliphatic rings. The van der Waals surface area contributed by atoms with E-state index in [-0.39, 0.29) is 5.91 Å². The Labute approximate surface area is 167 Å². The Bertz CT molecular complexity index is 1120. The van der Waals surface area contributed by atoms with Crippen molar-refractivity contribution in [1.82, 2.24) is 15.0 Å². The molecule has 0 saturated carbocycles. The van der Waals surface area contributed by atoms with Gasteiger partial charge < -0.3 is 15.4 Å². The Kier molecular flexibility index (Phi) is 5.29. The van der Waals surface area contributed by atoms with Crippen LogP contribution in [0.15, 0.2) is 73.2 Å². The molecule has 0 bridgehead atoms. The lowest BCUT2D eigenvalue weighted by molar-refractivity contribution is 0.102. The normalized spacial score (nSPS) is 10.5. The minimum atomic E-state index is -0.287. The van der Waals surface area contributed by atoms with Crippen molar-refractivity contribution in [2.24, 2.45) is 0 Å². The molecule has 4 aromatic rings. The van der Waals surface area contributed by atoms with Gasteiger partial charge in [-0.05, 0) is 29.8 Å². The van der Waals surface area contributed by atoms with E-state index in [4.69, 9.17) is 4.74 Å². The van der Waals surface area contributed by atoms with E-state index in [0.717, 1.165) is 22.2 Å². The van der Waals surface area contributed by atoms with Gasteiger partial charge in [-0.3, -0.25) is 9.78 Å². The third kappa shape index (κ3) is 4.30. The summed E-state index contributed by atoms with van der Waals surface area (Å²) in [6.45, 7) is 0.567. The third-order valence-corrected chi connectivity index (χ3v) is 4.40. The maximum atomic E-state index is 12.6. The van der Waals surface area contributed by atoms with Gasteiger partial charge in [-0.1, -0.05) is 30.3 Å². The number of methoxy groups -OCH3 is 1. The molecule has 0 spiro atoms. The summed E-state index contributed by atoms with van der Waals surface area (Å²) in [6.07, 6.45) is 4.69. The first-order valence-corrected chi connectivity index (χ1v) is 9.07. The fraction of sp³-hybridized carbons (Fsp3) is 0.0909. The smallest absolute Gasteiger partial charge is 0.258 e. The summed E-state index contributed by atoms with van der Waals surface area (Å²) in [7, 11) is 1.63. The predicted molar refractivity (Wildman–Crippen MR) is 112 cm³/mol. The van der Waals surface area contributed by atoms with Gasteiger partial charge >= 0.3 is 0 Å². The molecule has 1 amide bonds. The first-order valence-electron chi connectivity index (χ1n) is 9.07. The number of nitrogens with one attached hydrogen (secondary N) is 2. The number of pyridine rings is 1. The molecule has 144 valence electrons. The van der Waals surface area contributed by atoms with Gasteiger partial charge in [0.25, 0.3) is 5.91 Å². The molecule has 0 aliphatic heterocycles. The highest BCUT2D eigenvalue weighted by atomic mass is 16.5. The average Bonchev–Trinajstić information content (AvgIpc) is 2.78. The van der Waals surface area contributed by atoms with E-state index in [0.29, 0.717) is 23.7 Å². The van der Waals surface area contributed by atoms with Crippen LogP contribution in [0.3, 0.4) is 0 Å². The zero-order valence-corrected chi connectivity index (χ0v) is 15.8. The quantitative estimate of drug-likeness (QED) is 0.523. The van der Waals surface area contributed by atoms with Crippen molar-refractivity contribution in [2.45, 2.75) is 6.54 Å². The number of carbonyl (C=O) groups excluding carboxylic acids is 1. The van der Waals surface area contributed by atoms with Crippen LogP contribution in [-0.2, 0) is 6.54 Å². The van der Waals surface area contributed by atoms with Crippen molar-refractivity contribution in [3.05, 3.63) is 84.3 Å². The lowest BCUT2D eigenvalue weighted by atomic mass is 10.2. The lowest BCUT2D eigenvalue weighted by Gasteiger charge is -2.09. The van der Waals surface area contributed by atoms with Gasteiger partial charge in [0.2, 0.25) is 5.95 Å². The maximum absolute atomic E-state index is 12.6. The number of anilines is 2. The van der Waals surface area contributed by atoms with Crippen LogP contribution in [0.1, 0.15) is 15.9 Å². The number of amides is 1. The second kappa shape index (κ2) is 8.35. The van der Waals surface area contributed by atoms with Crippen molar-refractivity contribution in [3.63, 3.8) is 0 Å². The summed E-state index contributed by atoms with van der Waals surface area (Å²) in [5, 5.41) is 6.97. The number of hydrogen-bond donors (Lipinski definition) is 2. The van der Waals surface area contributed by atoms with Gasteiger partial charge in [0, 0.05) is 30.5 Å². The van der Waals surface area contributed by atoms with E-state index >= 15 is 0 Å². The number of ether oxygens (including phenoxy) is 1. The first kappa shape index (κ1) is 18.4. The van der Waals surface area contributed by atoms with Crippen LogP contribution in [0, 0.1) is 0 Å². The number of benzene rings is 2. The third-order valence-electron chi connectivity index (χ3n) is 4.40. The van der Waals surface area contributed by atoms with Crippen LogP contribution in [0.4, 0.5) is 11.6 Å². The van der Waals surface area contributed by atoms with E-state index in [2.05, 4.69) is 25.6 Å². The van der Waals surface area contributed by atoms with Gasteiger partial charge in [0.15, 0.2) is 0 Å². The molecule has 4 rings (SSSR count). The van der Waals surface area contributed by atoms with E-state index in [1.165, 1.54) is 12.4 Å². The lowest BCUT2D eigenvalue weighted by Crippen LogP contribution is -2.14. The van der Waals surface area contributed by atoms with Crippen molar-refractivity contribution in [3.8, 4) is 5.75 Å². The van der Waals surface area contributed by atoms with Gasteiger partial charge in [0.05, 0.1) is 23.9 Å². The molecule has 0 unspecified atom stereocenters. The Morgan fingerprint density at radius 3 is 2.48 bits per heavy atom. The molecule has 0 fully saturated rings. The van der Waals surface area contributed by atoms with E-state index in [1.807, 2.05) is 54.6 Å². The molecule has 2 aromatic heterocycles. The minimum Gasteiger partial charge on any atom is -0.497 e. The molecule has 0 atom stereocenters. The van der Waals surface area contributed by atoms with E-state index in [1.54, 1.807) is 13.3 Å². The summed E-state index contributed by atoms with van der Waals surface area (Å²) in [6, 6.07) is 17.2. The number of hydrogen-bond acceptors (Lipinski definition) is 6. The second-order valence-corrected chi connectivity index (χ2v) is 6.33. The van der Waals surface area contributed by atoms with Crippen LogP contribution < -0.4 is 15.4 Å². The topological polar surface area (TPSA) is 89.0 Å². The predicted octanol–water partition coefficient (Wildman–Crippen LogP) is 3.90. The monoisotopic (exact) mass is 385 g/mol. The number of nitrogens with zero attached hydrogens (tertiary/aromatic N) is 3. The Morgan fingerprint density at radius 1 is 0.966 bits per heavy atom. The van der Waals surface area contributed by atoms with Crippen molar-refractivity contribution in [2.75, 3.05) is 17.7 Å². The van der Waals surface area contributed by atoms with Crippen LogP contribution in [0.5, 0.6) is 5.75 Å². The largest absolute Gasteiger partial charge is 0.497 e. The number of aromatic nitrogens is 3. The van der Waals surface area contributed by atoms with Gasteiger partial charge in [-0.2, -0.15) is 0 Å². The fourth-order valence-electron chi connectivity index (χ4n) is 2.86. The summed E-state index contributed by atoms with van der Waals surface area (Å²) in [5.41, 5.74) is 2.82. The maximum Gasteiger partial charge on any atom is 0.258 e. The highest BCUT2D eigenvalue weighted by molar-refractivity contribution is 6.08. The highest BCUT2D eigenvalue weighted by Gasteiger charge is 2.10. The zero-order chi connectivity index (χ0) is 20.1. The molecule has 0 aliphatic carbocycles. The first-order chi connectivity index (χ1) is 14.2. The SMILES string of the molecule is COc1ccc(CNc2ncc(C(=O)Nc3cccc4cccnc34)cn2)cc1. The summed E-state index contributed by atoms with van der Waals surface area (Å²) in [4.78, 5) is 25.4. The number of para-hydroxylation sites is 1. The second-order valence-electron chi connectivity index (χ2n) is 6.33. The average molecular weight is 385 g/mol. The zero-order valence-electron chi connectivity index (χ0n) is 15.8. The van der Waals surface area contributed by atoms with Crippen molar-refractivity contribution >= 4 is 28.4 Å². The van der Waals surface area contributed by atoms with Crippen molar-refractivity contribution < 1.29 is 9.53 Å². The number of rotatable bonds is 6. The summed E-state index contributed by atoms with van der Waals surface area (Å²) < 4.78 is 5.15. The molecule has 0 saturated heterocycles. The molecule has 7 heteroatoms. The Hall–Kier alpha value is -4.00. The molecular formula is C22H19N5O2. The Morgan fingerprint density at radius 2 is 1.72 bits per heavy atom. The molecule has 2 heterocycles. The highest BCUT2D eigenvalue weighted by Crippen LogP contribution is 2.21. The van der Waals surface area contributed by atoms with Crippen LogP contribution in [0.25, 0.3) is 10.9 Å². The van der Waals surface area contributed by atoms with Gasteiger partial charge in [-0.25, -0.2) is 9.97 Å². The molecule has 2 N–H and O–H groups in total. The summed E-state index contributed by atoms with van der Waals surface area (Å²) in [5.74, 6) is 0.968. The van der Waals surface area contributed by atoms with Gasteiger partial charge in [-0.15, -0.1) is 0 Å². The number of fused-ring (bicyclic) bond motifs is 1. The van der Waals surface area contributed by atoms with Crippen LogP contribution >= 0.6 is 0 Å². The molecule has 29 heavy (non-hydrogen) atoms. The molecule has 0 radical (unpaired) electrons. The standard InChI is InChI=1S/C22H19N5O2/c1-29-18-9-7-15(8-10-18)12-24-22-25-13-17(14-26-22)21(28)27-19-6-2-4-16-5-3-11-23-20(16)19/h2-11,13-14H,12H2,1H3,(H,27,28)(H,24,25,26). The summed E-state index contributed by atoms with van der Waals surface area (Å²) >= 11 is 0. The van der Waals surface area contributed by atoms with Crippen LogP contribution in [0.2, 0.25) is 0 Å². The minimum absolute atomic E-state index is 0.287. The number of carbonyl (C=O) groups is 1. The van der Waals surface area contributed by atoms with Gasteiger partial charge in [0.1, 0.15) is 5.75 Å². The molecular weight excluding hydrogens is 366 g/mol. The Balaban J connectivity index is 1.41. The molecule has 7 nitrogen and oxygen atoms in total.